The van der Waals surface area contributed by atoms with Crippen LogP contribution in [0.1, 0.15) is 0 Å². The number of fused-ring (bicyclic) bond motifs is 1. The van der Waals surface area contributed by atoms with E-state index in [4.69, 9.17) is 4.42 Å². The molecule has 0 amide bonds. The van der Waals surface area contributed by atoms with Crippen LogP contribution in [0.3, 0.4) is 0 Å². The second-order valence-electron chi connectivity index (χ2n) is 4.67. The molecule has 8 heteroatoms. The van der Waals surface area contributed by atoms with Gasteiger partial charge in [-0.15, -0.1) is 0 Å². The molecular formula is C14H11FN2O4S. The van der Waals surface area contributed by atoms with Gasteiger partial charge in [0.2, 0.25) is 0 Å². The van der Waals surface area contributed by atoms with Crippen LogP contribution in [0.4, 0.5) is 10.1 Å². The minimum Gasteiger partial charge on any atom is -0.408 e. The van der Waals surface area contributed by atoms with Crippen molar-refractivity contribution in [1.82, 2.24) is 4.57 Å². The van der Waals surface area contributed by atoms with Crippen LogP contribution in [-0.2, 0) is 17.1 Å². The number of aryl methyl sites for hydroxylation is 1. The van der Waals surface area contributed by atoms with E-state index in [-0.39, 0.29) is 10.6 Å². The number of oxazole rings is 1. The molecule has 114 valence electrons. The van der Waals surface area contributed by atoms with Crippen molar-refractivity contribution >= 4 is 26.8 Å². The maximum atomic E-state index is 12.8. The molecule has 0 saturated heterocycles. The first-order chi connectivity index (χ1) is 10.4. The number of nitrogens with one attached hydrogen (secondary N) is 1. The second kappa shape index (κ2) is 4.99. The highest BCUT2D eigenvalue weighted by Gasteiger charge is 2.17. The van der Waals surface area contributed by atoms with Crippen LogP contribution in [0.5, 0.6) is 0 Å². The van der Waals surface area contributed by atoms with E-state index in [1.807, 2.05) is 0 Å². The van der Waals surface area contributed by atoms with Gasteiger partial charge in [-0.05, 0) is 42.5 Å². The number of hydrogen-bond donors (Lipinski definition) is 1. The highest BCUT2D eigenvalue weighted by atomic mass is 32.2. The molecule has 1 aromatic heterocycles. The van der Waals surface area contributed by atoms with Crippen LogP contribution in [0.25, 0.3) is 11.1 Å². The highest BCUT2D eigenvalue weighted by molar-refractivity contribution is 7.92. The highest BCUT2D eigenvalue weighted by Crippen LogP contribution is 2.20. The minimum absolute atomic E-state index is 0.0271. The van der Waals surface area contributed by atoms with E-state index >= 15 is 0 Å². The Kier molecular flexibility index (Phi) is 3.25. The van der Waals surface area contributed by atoms with Crippen molar-refractivity contribution in [1.29, 1.82) is 0 Å². The number of aromatic nitrogens is 1. The van der Waals surface area contributed by atoms with Gasteiger partial charge in [-0.2, -0.15) is 0 Å². The number of anilines is 1. The Balaban J connectivity index is 2.03. The number of halogens is 1. The van der Waals surface area contributed by atoms with Gasteiger partial charge in [0.25, 0.3) is 10.0 Å². The number of rotatable bonds is 3. The third-order valence-electron chi connectivity index (χ3n) is 3.17. The van der Waals surface area contributed by atoms with Gasteiger partial charge in [0.15, 0.2) is 5.58 Å². The molecular weight excluding hydrogens is 311 g/mol. The maximum absolute atomic E-state index is 12.8. The lowest BCUT2D eigenvalue weighted by atomic mass is 10.3. The van der Waals surface area contributed by atoms with E-state index in [0.29, 0.717) is 11.1 Å². The first-order valence-electron chi connectivity index (χ1n) is 6.25. The zero-order valence-electron chi connectivity index (χ0n) is 11.4. The van der Waals surface area contributed by atoms with Gasteiger partial charge >= 0.3 is 5.76 Å². The van der Waals surface area contributed by atoms with Crippen LogP contribution in [0, 0.1) is 5.82 Å². The van der Waals surface area contributed by atoms with Gasteiger partial charge in [0.05, 0.1) is 10.4 Å². The number of hydrogen-bond acceptors (Lipinski definition) is 4. The van der Waals surface area contributed by atoms with Crippen LogP contribution in [0.15, 0.2) is 56.6 Å². The van der Waals surface area contributed by atoms with Crippen LogP contribution < -0.4 is 10.5 Å². The predicted molar refractivity (Wildman–Crippen MR) is 78.7 cm³/mol. The van der Waals surface area contributed by atoms with Crippen molar-refractivity contribution in [3.05, 3.63) is 58.8 Å². The molecule has 1 N–H and O–H groups in total. The normalized spacial score (nSPS) is 11.7. The van der Waals surface area contributed by atoms with Crippen molar-refractivity contribution in [2.75, 3.05) is 4.72 Å². The van der Waals surface area contributed by atoms with Crippen LogP contribution in [-0.4, -0.2) is 13.0 Å². The molecule has 1 heterocycles. The summed E-state index contributed by atoms with van der Waals surface area (Å²) >= 11 is 0. The first kappa shape index (κ1) is 14.3. The van der Waals surface area contributed by atoms with E-state index in [1.54, 1.807) is 0 Å². The molecule has 0 atom stereocenters. The Bertz CT molecular complexity index is 1000. The molecule has 6 nitrogen and oxygen atoms in total. The molecule has 2 aromatic carbocycles. The van der Waals surface area contributed by atoms with E-state index < -0.39 is 21.6 Å². The maximum Gasteiger partial charge on any atom is 0.419 e. The van der Waals surface area contributed by atoms with Crippen molar-refractivity contribution in [3.8, 4) is 0 Å². The topological polar surface area (TPSA) is 81.3 Å². The molecule has 0 aliphatic carbocycles. The third kappa shape index (κ3) is 2.48. The largest absolute Gasteiger partial charge is 0.419 e. The van der Waals surface area contributed by atoms with Gasteiger partial charge in [0.1, 0.15) is 5.82 Å². The van der Waals surface area contributed by atoms with Gasteiger partial charge in [0, 0.05) is 12.7 Å². The van der Waals surface area contributed by atoms with Crippen LogP contribution >= 0.6 is 0 Å². The lowest BCUT2D eigenvalue weighted by molar-refractivity contribution is 0.528. The second-order valence-corrected chi connectivity index (χ2v) is 6.35. The molecule has 22 heavy (non-hydrogen) atoms. The van der Waals surface area contributed by atoms with Gasteiger partial charge in [-0.1, -0.05) is 0 Å². The molecule has 3 rings (SSSR count). The van der Waals surface area contributed by atoms with Crippen molar-refractivity contribution in [3.63, 3.8) is 0 Å². The van der Waals surface area contributed by atoms with Gasteiger partial charge in [-0.3, -0.25) is 9.29 Å². The number of benzene rings is 2. The molecule has 0 bridgehead atoms. The summed E-state index contributed by atoms with van der Waals surface area (Å²) in [7, 11) is -2.37. The fourth-order valence-electron chi connectivity index (χ4n) is 2.01. The third-order valence-corrected chi connectivity index (χ3v) is 4.55. The fraction of sp³-hybridized carbons (Fsp3) is 0.0714. The Morgan fingerprint density at radius 1 is 1.14 bits per heavy atom. The molecule has 0 unspecified atom stereocenters. The summed E-state index contributed by atoms with van der Waals surface area (Å²) in [6.45, 7) is 0. The Hall–Kier alpha value is -2.61. The number of sulfonamides is 1. The average Bonchev–Trinajstić information content (AvgIpc) is 2.76. The van der Waals surface area contributed by atoms with Crippen molar-refractivity contribution in [2.45, 2.75) is 4.90 Å². The summed E-state index contributed by atoms with van der Waals surface area (Å²) in [5.74, 6) is -1.03. The molecule has 0 saturated carbocycles. The first-order valence-corrected chi connectivity index (χ1v) is 7.73. The molecule has 0 aliphatic heterocycles. The molecule has 0 aliphatic rings. The molecule has 0 fully saturated rings. The Morgan fingerprint density at radius 3 is 2.50 bits per heavy atom. The van der Waals surface area contributed by atoms with E-state index in [9.17, 15) is 17.6 Å². The lowest BCUT2D eigenvalue weighted by Crippen LogP contribution is -2.13. The zero-order chi connectivity index (χ0) is 15.9. The van der Waals surface area contributed by atoms with E-state index in [1.165, 1.54) is 41.9 Å². The summed E-state index contributed by atoms with van der Waals surface area (Å²) in [6.07, 6.45) is 0. The summed E-state index contributed by atoms with van der Waals surface area (Å²) < 4.78 is 46.0. The summed E-state index contributed by atoms with van der Waals surface area (Å²) in [5.41, 5.74) is 0.905. The van der Waals surface area contributed by atoms with Crippen molar-refractivity contribution < 1.29 is 17.2 Å². The zero-order valence-corrected chi connectivity index (χ0v) is 12.2. The van der Waals surface area contributed by atoms with E-state index in [2.05, 4.69) is 4.72 Å². The Morgan fingerprint density at radius 2 is 1.82 bits per heavy atom. The Labute approximate surface area is 124 Å². The monoisotopic (exact) mass is 322 g/mol. The average molecular weight is 322 g/mol. The molecule has 3 aromatic rings. The van der Waals surface area contributed by atoms with Crippen molar-refractivity contribution in [2.24, 2.45) is 7.05 Å². The summed E-state index contributed by atoms with van der Waals surface area (Å²) in [6, 6.07) is 9.03. The molecule has 0 radical (unpaired) electrons. The predicted octanol–water partition coefficient (Wildman–Crippen LogP) is 2.07. The summed E-state index contributed by atoms with van der Waals surface area (Å²) in [4.78, 5) is 11.4. The number of nitrogens with zero attached hydrogens (tertiary/aromatic N) is 1. The summed E-state index contributed by atoms with van der Waals surface area (Å²) in [5, 5.41) is 0. The molecule has 0 spiro atoms. The fourth-order valence-corrected chi connectivity index (χ4v) is 3.08. The smallest absolute Gasteiger partial charge is 0.408 e. The van der Waals surface area contributed by atoms with Gasteiger partial charge in [-0.25, -0.2) is 17.6 Å². The standard InChI is InChI=1S/C14H11FN2O4S/c1-17-12-8-11(6-7-13(12)21-14(17)18)22(19,20)16-10-4-2-9(15)3-5-10/h2-8,16H,1H3. The van der Waals surface area contributed by atoms with Crippen LogP contribution in [0.2, 0.25) is 0 Å². The quantitative estimate of drug-likeness (QED) is 0.800. The van der Waals surface area contributed by atoms with Gasteiger partial charge < -0.3 is 4.42 Å². The minimum atomic E-state index is -3.85. The SMILES string of the molecule is Cn1c(=O)oc2ccc(S(=O)(=O)Nc3ccc(F)cc3)cc21. The lowest BCUT2D eigenvalue weighted by Gasteiger charge is -2.08. The van der Waals surface area contributed by atoms with E-state index in [0.717, 1.165) is 12.1 Å².